The van der Waals surface area contributed by atoms with E-state index in [0.29, 0.717) is 24.7 Å². The molecule has 2 heterocycles. The van der Waals surface area contributed by atoms with Crippen LogP contribution in [0.3, 0.4) is 0 Å². The Hall–Kier alpha value is -1.50. The molecule has 108 valence electrons. The third-order valence-electron chi connectivity index (χ3n) is 3.27. The Morgan fingerprint density at radius 1 is 1.45 bits per heavy atom. The summed E-state index contributed by atoms with van der Waals surface area (Å²) in [7, 11) is 0. The average Bonchev–Trinajstić information content (AvgIpc) is 3.04. The Balaban J connectivity index is 1.59. The first-order valence-electron chi connectivity index (χ1n) is 7.11. The van der Waals surface area contributed by atoms with Crippen molar-refractivity contribution in [2.75, 3.05) is 6.54 Å². The summed E-state index contributed by atoms with van der Waals surface area (Å²) in [5, 5.41) is 16.7. The molecule has 0 aliphatic heterocycles. The normalized spacial score (nSPS) is 15.2. The predicted octanol–water partition coefficient (Wildman–Crippen LogP) is 1.77. The molecule has 20 heavy (non-hydrogen) atoms. The Bertz CT molecular complexity index is 613. The van der Waals surface area contributed by atoms with Gasteiger partial charge in [-0.15, -0.1) is 10.2 Å². The molecule has 1 N–H and O–H groups in total. The van der Waals surface area contributed by atoms with E-state index in [4.69, 9.17) is 0 Å². The third kappa shape index (κ3) is 2.98. The van der Waals surface area contributed by atoms with Gasteiger partial charge in [-0.05, 0) is 18.8 Å². The number of nitrogens with zero attached hydrogens (tertiary/aromatic N) is 4. The van der Waals surface area contributed by atoms with Crippen LogP contribution >= 0.6 is 11.3 Å². The van der Waals surface area contributed by atoms with Gasteiger partial charge in [0.1, 0.15) is 5.01 Å². The van der Waals surface area contributed by atoms with E-state index >= 15 is 0 Å². The van der Waals surface area contributed by atoms with Crippen LogP contribution in [0, 0.1) is 5.92 Å². The van der Waals surface area contributed by atoms with Crippen LogP contribution in [-0.4, -0.2) is 32.3 Å². The molecule has 6 nitrogen and oxygen atoms in total. The summed E-state index contributed by atoms with van der Waals surface area (Å²) in [6.07, 6.45) is 3.52. The van der Waals surface area contributed by atoms with Crippen LogP contribution in [-0.2, 0) is 11.2 Å². The fraction of sp³-hybridized carbons (Fsp3) is 0.692. The number of carbonyl (C=O) groups is 1. The number of hydrogen-bond donors (Lipinski definition) is 1. The number of hydrogen-bond acceptors (Lipinski definition) is 5. The van der Waals surface area contributed by atoms with E-state index in [-0.39, 0.29) is 5.91 Å². The van der Waals surface area contributed by atoms with E-state index < -0.39 is 0 Å². The van der Waals surface area contributed by atoms with E-state index in [0.717, 1.165) is 22.3 Å². The molecule has 1 saturated carbocycles. The monoisotopic (exact) mass is 293 g/mol. The van der Waals surface area contributed by atoms with Crippen molar-refractivity contribution in [3.63, 3.8) is 0 Å². The van der Waals surface area contributed by atoms with E-state index in [1.54, 1.807) is 0 Å². The van der Waals surface area contributed by atoms with Gasteiger partial charge in [0.05, 0.1) is 0 Å². The van der Waals surface area contributed by atoms with Crippen molar-refractivity contribution in [1.82, 2.24) is 25.1 Å². The van der Waals surface area contributed by atoms with Crippen LogP contribution in [0.5, 0.6) is 0 Å². The minimum atomic E-state index is 0.0899. The summed E-state index contributed by atoms with van der Waals surface area (Å²) < 4.78 is 1.85. The molecule has 0 aromatic carbocycles. The van der Waals surface area contributed by atoms with Gasteiger partial charge in [-0.2, -0.15) is 9.61 Å². The molecule has 7 heteroatoms. The fourth-order valence-corrected chi connectivity index (χ4v) is 2.84. The molecule has 0 saturated heterocycles. The van der Waals surface area contributed by atoms with Crippen molar-refractivity contribution in [2.45, 2.75) is 45.4 Å². The number of rotatable bonds is 6. The maximum Gasteiger partial charge on any atom is 0.234 e. The predicted molar refractivity (Wildman–Crippen MR) is 76.8 cm³/mol. The largest absolute Gasteiger partial charge is 0.356 e. The number of amides is 1. The lowest BCUT2D eigenvalue weighted by Crippen LogP contribution is -2.27. The van der Waals surface area contributed by atoms with Crippen LogP contribution in [0.2, 0.25) is 0 Å². The van der Waals surface area contributed by atoms with Gasteiger partial charge in [-0.3, -0.25) is 4.79 Å². The standard InChI is InChI=1S/C13H19N5OS/c1-8(2)7-14-10(19)5-6-11-17-18-12(9-3-4-9)15-16-13(18)20-11/h8-9H,3-7H2,1-2H3,(H,14,19). The number of aromatic nitrogens is 4. The van der Waals surface area contributed by atoms with E-state index in [2.05, 4.69) is 34.5 Å². The zero-order valence-corrected chi connectivity index (χ0v) is 12.6. The highest BCUT2D eigenvalue weighted by atomic mass is 32.1. The maximum atomic E-state index is 11.7. The molecule has 2 aromatic heterocycles. The fourth-order valence-electron chi connectivity index (χ4n) is 2.00. The summed E-state index contributed by atoms with van der Waals surface area (Å²) in [6, 6.07) is 0. The lowest BCUT2D eigenvalue weighted by atomic mass is 10.2. The van der Waals surface area contributed by atoms with Crippen molar-refractivity contribution in [3.05, 3.63) is 10.8 Å². The Morgan fingerprint density at radius 3 is 2.95 bits per heavy atom. The van der Waals surface area contributed by atoms with Gasteiger partial charge in [-0.25, -0.2) is 0 Å². The first-order valence-corrected chi connectivity index (χ1v) is 7.93. The number of nitrogens with one attached hydrogen (secondary N) is 1. The molecule has 1 amide bonds. The first-order chi connectivity index (χ1) is 9.63. The van der Waals surface area contributed by atoms with Crippen molar-refractivity contribution in [1.29, 1.82) is 0 Å². The second kappa shape index (κ2) is 5.47. The second-order valence-corrected chi connectivity index (χ2v) is 6.76. The quantitative estimate of drug-likeness (QED) is 0.881. The topological polar surface area (TPSA) is 72.2 Å². The molecule has 1 aliphatic rings. The Morgan fingerprint density at radius 2 is 2.25 bits per heavy atom. The number of aryl methyl sites for hydroxylation is 1. The van der Waals surface area contributed by atoms with Gasteiger partial charge in [0.2, 0.25) is 10.9 Å². The minimum absolute atomic E-state index is 0.0899. The molecule has 0 atom stereocenters. The molecule has 2 aromatic rings. The van der Waals surface area contributed by atoms with Crippen LogP contribution in [0.25, 0.3) is 4.96 Å². The van der Waals surface area contributed by atoms with Crippen LogP contribution in [0.15, 0.2) is 0 Å². The first kappa shape index (κ1) is 13.5. The lowest BCUT2D eigenvalue weighted by Gasteiger charge is -2.06. The van der Waals surface area contributed by atoms with Gasteiger partial charge in [-0.1, -0.05) is 25.2 Å². The summed E-state index contributed by atoms with van der Waals surface area (Å²) in [5.74, 6) is 2.09. The van der Waals surface area contributed by atoms with Crippen molar-refractivity contribution in [2.24, 2.45) is 5.92 Å². The molecular weight excluding hydrogens is 274 g/mol. The Kier molecular flexibility index (Phi) is 3.69. The summed E-state index contributed by atoms with van der Waals surface area (Å²) >= 11 is 1.53. The summed E-state index contributed by atoms with van der Waals surface area (Å²) in [5.41, 5.74) is 0. The second-order valence-electron chi connectivity index (χ2n) is 5.72. The minimum Gasteiger partial charge on any atom is -0.356 e. The zero-order chi connectivity index (χ0) is 14.1. The number of fused-ring (bicyclic) bond motifs is 1. The molecule has 0 unspecified atom stereocenters. The van der Waals surface area contributed by atoms with Gasteiger partial charge in [0.25, 0.3) is 0 Å². The van der Waals surface area contributed by atoms with Gasteiger partial charge in [0.15, 0.2) is 5.82 Å². The molecule has 1 aliphatic carbocycles. The van der Waals surface area contributed by atoms with Crippen LogP contribution in [0.1, 0.15) is 49.9 Å². The molecule has 0 radical (unpaired) electrons. The van der Waals surface area contributed by atoms with E-state index in [1.807, 2.05) is 4.52 Å². The highest BCUT2D eigenvalue weighted by Crippen LogP contribution is 2.39. The van der Waals surface area contributed by atoms with Crippen molar-refractivity contribution >= 4 is 22.2 Å². The molecule has 3 rings (SSSR count). The van der Waals surface area contributed by atoms with E-state index in [1.165, 1.54) is 24.2 Å². The summed E-state index contributed by atoms with van der Waals surface area (Å²) in [6.45, 7) is 4.90. The smallest absolute Gasteiger partial charge is 0.234 e. The van der Waals surface area contributed by atoms with Crippen LogP contribution < -0.4 is 5.32 Å². The molecule has 0 bridgehead atoms. The lowest BCUT2D eigenvalue weighted by molar-refractivity contribution is -0.121. The molecule has 1 fully saturated rings. The highest BCUT2D eigenvalue weighted by Gasteiger charge is 2.30. The maximum absolute atomic E-state index is 11.7. The summed E-state index contributed by atoms with van der Waals surface area (Å²) in [4.78, 5) is 12.5. The highest BCUT2D eigenvalue weighted by molar-refractivity contribution is 7.16. The SMILES string of the molecule is CC(C)CNC(=O)CCc1nn2c(C3CC3)nnc2s1. The van der Waals surface area contributed by atoms with Gasteiger partial charge >= 0.3 is 0 Å². The van der Waals surface area contributed by atoms with Crippen molar-refractivity contribution in [3.8, 4) is 0 Å². The number of carbonyl (C=O) groups excluding carboxylic acids is 1. The Labute approximate surface area is 121 Å². The van der Waals surface area contributed by atoms with Gasteiger partial charge < -0.3 is 5.32 Å². The van der Waals surface area contributed by atoms with Crippen molar-refractivity contribution < 1.29 is 4.79 Å². The zero-order valence-electron chi connectivity index (χ0n) is 11.8. The van der Waals surface area contributed by atoms with Crippen LogP contribution in [0.4, 0.5) is 0 Å². The third-order valence-corrected chi connectivity index (χ3v) is 4.23. The molecule has 0 spiro atoms. The van der Waals surface area contributed by atoms with E-state index in [9.17, 15) is 4.79 Å². The van der Waals surface area contributed by atoms with Gasteiger partial charge in [0, 0.05) is 25.3 Å². The molecular formula is C13H19N5OS. The average molecular weight is 293 g/mol.